The highest BCUT2D eigenvalue weighted by Gasteiger charge is 2.01. The van der Waals surface area contributed by atoms with Gasteiger partial charge in [-0.25, -0.2) is 4.39 Å². The average Bonchev–Trinajstić information content (AvgIpc) is 1.81. The predicted octanol–water partition coefficient (Wildman–Crippen LogP) is 2.48. The van der Waals surface area contributed by atoms with Gasteiger partial charge in [-0.1, -0.05) is 15.9 Å². The number of hydrogen-bond donors (Lipinski definition) is 1. The van der Waals surface area contributed by atoms with Gasteiger partial charge in [0.05, 0.1) is 0 Å². The van der Waals surface area contributed by atoms with Gasteiger partial charge in [0.2, 0.25) is 0 Å². The number of rotatable bonds is 2. The predicted molar refractivity (Wildman–Crippen MR) is 51.5 cm³/mol. The van der Waals surface area contributed by atoms with Gasteiger partial charge in [-0.2, -0.15) is 0 Å². The largest absolute Gasteiger partial charge is 0.328 e. The van der Waals surface area contributed by atoms with Crippen molar-refractivity contribution in [2.24, 2.45) is 5.73 Å². The molecular weight excluding hydrogens is 221 g/mol. The van der Waals surface area contributed by atoms with Crippen LogP contribution in [-0.4, -0.2) is 6.04 Å². The lowest BCUT2D eigenvalue weighted by Gasteiger charge is -2.05. The molecule has 66 valence electrons. The fourth-order valence-electron chi connectivity index (χ4n) is 1.10. The summed E-state index contributed by atoms with van der Waals surface area (Å²) in [6, 6.07) is 4.89. The first-order valence-corrected chi connectivity index (χ1v) is 4.58. The van der Waals surface area contributed by atoms with Crippen molar-refractivity contribution >= 4 is 15.9 Å². The molecule has 0 aliphatic heterocycles. The Balaban J connectivity index is 2.85. The first-order chi connectivity index (χ1) is 5.58. The summed E-state index contributed by atoms with van der Waals surface area (Å²) in [6.07, 6.45) is 0.705. The number of benzene rings is 1. The van der Waals surface area contributed by atoms with Crippen molar-refractivity contribution in [1.82, 2.24) is 0 Å². The number of hydrogen-bond acceptors (Lipinski definition) is 1. The van der Waals surface area contributed by atoms with Gasteiger partial charge in [-0.15, -0.1) is 0 Å². The SMILES string of the molecule is CC(N)Cc1cc(F)cc(Br)c1. The average molecular weight is 232 g/mol. The molecule has 1 nitrogen and oxygen atoms in total. The molecule has 1 aromatic carbocycles. The van der Waals surface area contributed by atoms with Crippen LogP contribution in [0.3, 0.4) is 0 Å². The second kappa shape index (κ2) is 4.01. The fraction of sp³-hybridized carbons (Fsp3) is 0.333. The Hall–Kier alpha value is -0.410. The van der Waals surface area contributed by atoms with Gasteiger partial charge in [0.1, 0.15) is 5.82 Å². The van der Waals surface area contributed by atoms with Crippen LogP contribution in [0.15, 0.2) is 22.7 Å². The van der Waals surface area contributed by atoms with Crippen LogP contribution >= 0.6 is 15.9 Å². The molecule has 3 heteroatoms. The molecule has 0 aromatic heterocycles. The summed E-state index contributed by atoms with van der Waals surface area (Å²) >= 11 is 3.22. The third-order valence-corrected chi connectivity index (χ3v) is 1.94. The molecule has 0 fully saturated rings. The zero-order valence-electron chi connectivity index (χ0n) is 6.85. The fourth-order valence-corrected chi connectivity index (χ4v) is 1.61. The van der Waals surface area contributed by atoms with Crippen molar-refractivity contribution < 1.29 is 4.39 Å². The maximum atomic E-state index is 12.8. The van der Waals surface area contributed by atoms with Gasteiger partial charge in [-0.3, -0.25) is 0 Å². The number of nitrogens with two attached hydrogens (primary N) is 1. The molecule has 0 bridgehead atoms. The lowest BCUT2D eigenvalue weighted by Crippen LogP contribution is -2.17. The van der Waals surface area contributed by atoms with Crippen LogP contribution in [0, 0.1) is 5.82 Å². The molecule has 1 aromatic rings. The van der Waals surface area contributed by atoms with Crippen molar-refractivity contribution in [3.8, 4) is 0 Å². The van der Waals surface area contributed by atoms with Crippen LogP contribution in [0.2, 0.25) is 0 Å². The van der Waals surface area contributed by atoms with Crippen LogP contribution in [0.25, 0.3) is 0 Å². The van der Waals surface area contributed by atoms with Gasteiger partial charge >= 0.3 is 0 Å². The monoisotopic (exact) mass is 231 g/mol. The molecule has 0 saturated heterocycles. The van der Waals surface area contributed by atoms with Crippen LogP contribution in [0.5, 0.6) is 0 Å². The summed E-state index contributed by atoms with van der Waals surface area (Å²) in [6.45, 7) is 1.90. The Labute approximate surface area is 79.9 Å². The molecule has 0 aliphatic carbocycles. The highest BCUT2D eigenvalue weighted by atomic mass is 79.9. The third-order valence-electron chi connectivity index (χ3n) is 1.48. The highest BCUT2D eigenvalue weighted by molar-refractivity contribution is 9.10. The molecule has 0 amide bonds. The van der Waals surface area contributed by atoms with E-state index >= 15 is 0 Å². The van der Waals surface area contributed by atoms with Crippen LogP contribution in [0.4, 0.5) is 4.39 Å². The molecular formula is C9H11BrFN. The summed E-state index contributed by atoms with van der Waals surface area (Å²) in [5, 5.41) is 0. The molecule has 1 atom stereocenters. The highest BCUT2D eigenvalue weighted by Crippen LogP contribution is 2.15. The molecule has 0 aliphatic rings. The van der Waals surface area contributed by atoms with E-state index in [1.807, 2.05) is 13.0 Å². The van der Waals surface area contributed by atoms with Crippen molar-refractivity contribution in [2.45, 2.75) is 19.4 Å². The Morgan fingerprint density at radius 3 is 2.67 bits per heavy atom. The quantitative estimate of drug-likeness (QED) is 0.832. The minimum absolute atomic E-state index is 0.0682. The van der Waals surface area contributed by atoms with Crippen LogP contribution in [-0.2, 0) is 6.42 Å². The molecule has 1 unspecified atom stereocenters. The Morgan fingerprint density at radius 2 is 2.17 bits per heavy atom. The number of halogens is 2. The zero-order chi connectivity index (χ0) is 9.14. The Bertz CT molecular complexity index is 253. The smallest absolute Gasteiger partial charge is 0.124 e. The van der Waals surface area contributed by atoms with E-state index in [4.69, 9.17) is 5.73 Å². The molecule has 0 saturated carbocycles. The molecule has 0 radical (unpaired) electrons. The normalized spacial score (nSPS) is 13.0. The van der Waals surface area contributed by atoms with Crippen molar-refractivity contribution in [2.75, 3.05) is 0 Å². The van der Waals surface area contributed by atoms with E-state index < -0.39 is 0 Å². The molecule has 0 spiro atoms. The molecule has 12 heavy (non-hydrogen) atoms. The standard InChI is InChI=1S/C9H11BrFN/c1-6(12)2-7-3-8(10)5-9(11)4-7/h3-6H,2,12H2,1H3. The van der Waals surface area contributed by atoms with Crippen LogP contribution in [0.1, 0.15) is 12.5 Å². The molecule has 1 rings (SSSR count). The zero-order valence-corrected chi connectivity index (χ0v) is 8.44. The maximum absolute atomic E-state index is 12.8. The van der Waals surface area contributed by atoms with Gasteiger partial charge in [0.25, 0.3) is 0 Å². The minimum atomic E-state index is -0.222. The minimum Gasteiger partial charge on any atom is -0.328 e. The van der Waals surface area contributed by atoms with Crippen molar-refractivity contribution in [1.29, 1.82) is 0 Å². The van der Waals surface area contributed by atoms with E-state index in [0.29, 0.717) is 6.42 Å². The first-order valence-electron chi connectivity index (χ1n) is 3.78. The van der Waals surface area contributed by atoms with E-state index in [1.54, 1.807) is 0 Å². The van der Waals surface area contributed by atoms with Crippen LogP contribution < -0.4 is 5.73 Å². The van der Waals surface area contributed by atoms with E-state index in [0.717, 1.165) is 10.0 Å². The summed E-state index contributed by atoms with van der Waals surface area (Å²) in [5.74, 6) is -0.222. The Morgan fingerprint density at radius 1 is 1.50 bits per heavy atom. The van der Waals surface area contributed by atoms with Crippen molar-refractivity contribution in [3.63, 3.8) is 0 Å². The summed E-state index contributed by atoms with van der Waals surface area (Å²) < 4.78 is 13.6. The second-order valence-electron chi connectivity index (χ2n) is 2.96. The van der Waals surface area contributed by atoms with Gasteiger partial charge in [0.15, 0.2) is 0 Å². The molecule has 2 N–H and O–H groups in total. The topological polar surface area (TPSA) is 26.0 Å². The third kappa shape index (κ3) is 2.91. The van der Waals surface area contributed by atoms with E-state index in [1.165, 1.54) is 12.1 Å². The second-order valence-corrected chi connectivity index (χ2v) is 3.87. The van der Waals surface area contributed by atoms with Crippen molar-refractivity contribution in [3.05, 3.63) is 34.1 Å². The first kappa shape index (κ1) is 9.68. The maximum Gasteiger partial charge on any atom is 0.124 e. The Kier molecular flexibility index (Phi) is 3.23. The summed E-state index contributed by atoms with van der Waals surface area (Å²) in [4.78, 5) is 0. The van der Waals surface area contributed by atoms with Gasteiger partial charge in [-0.05, 0) is 37.1 Å². The lowest BCUT2D eigenvalue weighted by atomic mass is 10.1. The van der Waals surface area contributed by atoms with E-state index in [2.05, 4.69) is 15.9 Å². The van der Waals surface area contributed by atoms with E-state index in [9.17, 15) is 4.39 Å². The summed E-state index contributed by atoms with van der Waals surface area (Å²) in [7, 11) is 0. The summed E-state index contributed by atoms with van der Waals surface area (Å²) in [5.41, 5.74) is 6.51. The molecule has 0 heterocycles. The van der Waals surface area contributed by atoms with Gasteiger partial charge in [0, 0.05) is 10.5 Å². The lowest BCUT2D eigenvalue weighted by molar-refractivity contribution is 0.622. The van der Waals surface area contributed by atoms with Gasteiger partial charge < -0.3 is 5.73 Å². The van der Waals surface area contributed by atoms with E-state index in [-0.39, 0.29) is 11.9 Å².